The van der Waals surface area contributed by atoms with Gasteiger partial charge in [0.05, 0.1) is 28.2 Å². The van der Waals surface area contributed by atoms with Crippen molar-refractivity contribution >= 4 is 22.6 Å². The summed E-state index contributed by atoms with van der Waals surface area (Å²) in [4.78, 5) is 4.64. The minimum atomic E-state index is -0.960. The lowest BCUT2D eigenvalue weighted by Crippen LogP contribution is -2.10. The minimum Gasteiger partial charge on any atom is -0.488 e. The first-order chi connectivity index (χ1) is 16.9. The number of rotatable bonds is 6. The van der Waals surface area contributed by atoms with Crippen molar-refractivity contribution in [3.05, 3.63) is 82.1 Å². The van der Waals surface area contributed by atoms with Gasteiger partial charge in [0.2, 0.25) is 0 Å². The number of aromatic nitrogens is 2. The van der Waals surface area contributed by atoms with E-state index in [0.717, 1.165) is 37.8 Å². The largest absolute Gasteiger partial charge is 0.488 e. The van der Waals surface area contributed by atoms with E-state index in [1.165, 1.54) is 18.2 Å². The van der Waals surface area contributed by atoms with Gasteiger partial charge in [0.1, 0.15) is 24.0 Å². The molecule has 0 radical (unpaired) electrons. The SMILES string of the molecule is N#Cc1ccc(COc2cc(Cl)ccc2-c2nc3cc(F)c(F)cc3n2CC2CCCC2)c(F)c1. The summed E-state index contributed by atoms with van der Waals surface area (Å²) in [6.45, 7) is 0.514. The second-order valence-electron chi connectivity index (χ2n) is 8.80. The second-order valence-corrected chi connectivity index (χ2v) is 9.24. The van der Waals surface area contributed by atoms with Crippen molar-refractivity contribution in [1.29, 1.82) is 5.26 Å². The summed E-state index contributed by atoms with van der Waals surface area (Å²) in [6, 6.07) is 13.4. The predicted molar refractivity (Wildman–Crippen MR) is 128 cm³/mol. The summed E-state index contributed by atoms with van der Waals surface area (Å²) in [5.74, 6) is -1.16. The highest BCUT2D eigenvalue weighted by Gasteiger charge is 2.23. The molecule has 1 aliphatic rings. The Hall–Kier alpha value is -3.50. The summed E-state index contributed by atoms with van der Waals surface area (Å²) in [5.41, 5.74) is 1.92. The van der Waals surface area contributed by atoms with Crippen LogP contribution in [-0.4, -0.2) is 9.55 Å². The van der Waals surface area contributed by atoms with Crippen LogP contribution in [0.1, 0.15) is 36.8 Å². The topological polar surface area (TPSA) is 50.8 Å². The second kappa shape index (κ2) is 9.63. The zero-order valence-electron chi connectivity index (χ0n) is 18.7. The third kappa shape index (κ3) is 4.71. The molecule has 1 heterocycles. The number of hydrogen-bond donors (Lipinski definition) is 0. The summed E-state index contributed by atoms with van der Waals surface area (Å²) in [5, 5.41) is 9.37. The van der Waals surface area contributed by atoms with E-state index >= 15 is 0 Å². The number of hydrogen-bond acceptors (Lipinski definition) is 3. The normalized spacial score (nSPS) is 13.9. The van der Waals surface area contributed by atoms with E-state index in [2.05, 4.69) is 4.98 Å². The first-order valence-electron chi connectivity index (χ1n) is 11.4. The molecular weight excluding hydrogens is 475 g/mol. The van der Waals surface area contributed by atoms with Gasteiger partial charge in [-0.1, -0.05) is 30.5 Å². The van der Waals surface area contributed by atoms with Gasteiger partial charge in [0.15, 0.2) is 11.6 Å². The quantitative estimate of drug-likeness (QED) is 0.280. The van der Waals surface area contributed by atoms with Crippen molar-refractivity contribution in [3.63, 3.8) is 0 Å². The van der Waals surface area contributed by atoms with Crippen LogP contribution in [0.5, 0.6) is 5.75 Å². The molecule has 0 N–H and O–H groups in total. The highest BCUT2D eigenvalue weighted by molar-refractivity contribution is 6.30. The Morgan fingerprint density at radius 1 is 1.00 bits per heavy atom. The van der Waals surface area contributed by atoms with Crippen LogP contribution in [0.3, 0.4) is 0 Å². The number of imidazole rings is 1. The van der Waals surface area contributed by atoms with Gasteiger partial charge in [-0.2, -0.15) is 5.26 Å². The summed E-state index contributed by atoms with van der Waals surface area (Å²) >= 11 is 6.24. The molecule has 1 aromatic heterocycles. The average Bonchev–Trinajstić information content (AvgIpc) is 3.47. The number of nitrogens with zero attached hydrogens (tertiary/aromatic N) is 3. The van der Waals surface area contributed by atoms with Crippen molar-refractivity contribution in [2.75, 3.05) is 0 Å². The fourth-order valence-electron chi connectivity index (χ4n) is 4.65. The third-order valence-corrected chi connectivity index (χ3v) is 6.69. The van der Waals surface area contributed by atoms with Crippen LogP contribution in [0.25, 0.3) is 22.4 Å². The molecule has 0 amide bonds. The molecule has 0 atom stereocenters. The van der Waals surface area contributed by atoms with Gasteiger partial charge in [-0.3, -0.25) is 0 Å². The van der Waals surface area contributed by atoms with Crippen molar-refractivity contribution in [3.8, 4) is 23.2 Å². The minimum absolute atomic E-state index is 0.100. The lowest BCUT2D eigenvalue weighted by Gasteiger charge is -2.17. The summed E-state index contributed by atoms with van der Waals surface area (Å²) in [6.07, 6.45) is 4.40. The Kier molecular flexibility index (Phi) is 6.40. The van der Waals surface area contributed by atoms with Crippen LogP contribution < -0.4 is 4.74 Å². The van der Waals surface area contributed by atoms with Gasteiger partial charge in [-0.05, 0) is 49.1 Å². The van der Waals surface area contributed by atoms with Crippen molar-refractivity contribution in [2.24, 2.45) is 5.92 Å². The molecule has 4 nitrogen and oxygen atoms in total. The highest BCUT2D eigenvalue weighted by Crippen LogP contribution is 2.37. The molecule has 0 saturated heterocycles. The Morgan fingerprint density at radius 2 is 1.77 bits per heavy atom. The molecule has 8 heteroatoms. The van der Waals surface area contributed by atoms with Gasteiger partial charge < -0.3 is 9.30 Å². The van der Waals surface area contributed by atoms with Crippen LogP contribution in [-0.2, 0) is 13.2 Å². The maximum absolute atomic E-state index is 14.4. The van der Waals surface area contributed by atoms with Crippen molar-refractivity contribution in [2.45, 2.75) is 38.8 Å². The zero-order valence-corrected chi connectivity index (χ0v) is 19.5. The standard InChI is InChI=1S/C27H21ClF3N3O/c28-19-7-8-20(26(10-19)35-15-18-6-5-17(13-32)9-21(18)29)27-33-24-11-22(30)23(31)12-25(24)34(27)14-16-3-1-2-4-16/h5-12,16H,1-4,14-15H2. The average molecular weight is 496 g/mol. The Morgan fingerprint density at radius 3 is 2.51 bits per heavy atom. The molecule has 0 spiro atoms. The van der Waals surface area contributed by atoms with E-state index in [4.69, 9.17) is 21.6 Å². The van der Waals surface area contributed by atoms with Crippen LogP contribution in [0.4, 0.5) is 13.2 Å². The maximum Gasteiger partial charge on any atom is 0.161 e. The maximum atomic E-state index is 14.4. The number of benzene rings is 3. The molecule has 1 aliphatic carbocycles. The number of fused-ring (bicyclic) bond motifs is 1. The molecule has 0 aliphatic heterocycles. The Bertz CT molecular complexity index is 1450. The zero-order chi connectivity index (χ0) is 24.5. The smallest absolute Gasteiger partial charge is 0.161 e. The van der Waals surface area contributed by atoms with E-state index in [1.54, 1.807) is 18.2 Å². The van der Waals surface area contributed by atoms with Crippen molar-refractivity contribution in [1.82, 2.24) is 9.55 Å². The number of halogens is 4. The lowest BCUT2D eigenvalue weighted by atomic mass is 10.1. The van der Waals surface area contributed by atoms with Crippen LogP contribution >= 0.6 is 11.6 Å². The lowest BCUT2D eigenvalue weighted by molar-refractivity contribution is 0.300. The van der Waals surface area contributed by atoms with E-state index in [9.17, 15) is 13.2 Å². The first-order valence-corrected chi connectivity index (χ1v) is 11.8. The Balaban J connectivity index is 1.57. The Labute approximate surface area is 205 Å². The number of nitriles is 1. The third-order valence-electron chi connectivity index (χ3n) is 6.46. The van der Waals surface area contributed by atoms with E-state index in [1.807, 2.05) is 10.6 Å². The molecule has 35 heavy (non-hydrogen) atoms. The molecule has 0 bridgehead atoms. The van der Waals surface area contributed by atoms with Gasteiger partial charge in [0.25, 0.3) is 0 Å². The molecule has 5 rings (SSSR count). The van der Waals surface area contributed by atoms with Crippen LogP contribution in [0, 0.1) is 34.7 Å². The molecule has 4 aromatic rings. The molecule has 1 saturated carbocycles. The molecule has 0 unspecified atom stereocenters. The molecular formula is C27H21ClF3N3O. The van der Waals surface area contributed by atoms with Crippen molar-refractivity contribution < 1.29 is 17.9 Å². The van der Waals surface area contributed by atoms with E-state index in [0.29, 0.717) is 45.7 Å². The van der Waals surface area contributed by atoms with Crippen LogP contribution in [0.15, 0.2) is 48.5 Å². The van der Waals surface area contributed by atoms with Gasteiger partial charge in [-0.15, -0.1) is 0 Å². The first kappa shape index (κ1) is 23.3. The number of ether oxygens (including phenoxy) is 1. The fraction of sp³-hybridized carbons (Fsp3) is 0.259. The monoisotopic (exact) mass is 495 g/mol. The fourth-order valence-corrected chi connectivity index (χ4v) is 4.81. The van der Waals surface area contributed by atoms with E-state index < -0.39 is 17.5 Å². The van der Waals surface area contributed by atoms with Gasteiger partial charge in [-0.25, -0.2) is 18.2 Å². The summed E-state index contributed by atoms with van der Waals surface area (Å²) < 4.78 is 50.5. The van der Waals surface area contributed by atoms with Crippen LogP contribution in [0.2, 0.25) is 5.02 Å². The summed E-state index contributed by atoms with van der Waals surface area (Å²) in [7, 11) is 0. The molecule has 3 aromatic carbocycles. The van der Waals surface area contributed by atoms with Gasteiger partial charge in [0, 0.05) is 29.3 Å². The molecule has 1 fully saturated rings. The molecule has 178 valence electrons. The predicted octanol–water partition coefficient (Wildman–Crippen LogP) is 7.41. The highest BCUT2D eigenvalue weighted by atomic mass is 35.5. The van der Waals surface area contributed by atoms with Gasteiger partial charge >= 0.3 is 0 Å². The van der Waals surface area contributed by atoms with E-state index in [-0.39, 0.29) is 17.7 Å².